The van der Waals surface area contributed by atoms with E-state index in [0.717, 1.165) is 16.5 Å². The topological polar surface area (TPSA) is 88.2 Å². The number of carbonyl (C=O) groups is 1. The van der Waals surface area contributed by atoms with E-state index in [9.17, 15) is 9.90 Å². The minimum atomic E-state index is -0.268. The van der Waals surface area contributed by atoms with Crippen LogP contribution in [0.4, 0.5) is 5.69 Å². The van der Waals surface area contributed by atoms with Gasteiger partial charge < -0.3 is 19.7 Å². The zero-order valence-electron chi connectivity index (χ0n) is 16.0. The average molecular weight is 410 g/mol. The Morgan fingerprint density at radius 2 is 1.90 bits per heavy atom. The van der Waals surface area contributed by atoms with E-state index < -0.39 is 0 Å². The first-order chi connectivity index (χ1) is 14.1. The van der Waals surface area contributed by atoms with Crippen LogP contribution in [-0.4, -0.2) is 34.4 Å². The van der Waals surface area contributed by atoms with E-state index in [1.165, 1.54) is 7.11 Å². The second-order valence-electron chi connectivity index (χ2n) is 6.37. The highest BCUT2D eigenvalue weighted by Crippen LogP contribution is 2.39. The lowest BCUT2D eigenvalue weighted by atomic mass is 10.2. The van der Waals surface area contributed by atoms with Crippen molar-refractivity contribution in [1.29, 1.82) is 0 Å². The van der Waals surface area contributed by atoms with Gasteiger partial charge in [0.2, 0.25) is 11.0 Å². The van der Waals surface area contributed by atoms with Crippen LogP contribution in [0.15, 0.2) is 64.8 Å². The molecule has 0 aliphatic carbocycles. The summed E-state index contributed by atoms with van der Waals surface area (Å²) in [4.78, 5) is 11.1. The zero-order chi connectivity index (χ0) is 20.6. The Bertz CT molecular complexity index is 1030. The maximum atomic E-state index is 11.1. The molecule has 0 saturated heterocycles. The number of azo groups is 1. The van der Waals surface area contributed by atoms with E-state index in [2.05, 4.69) is 20.3 Å². The van der Waals surface area contributed by atoms with Crippen molar-refractivity contribution in [3.8, 4) is 5.88 Å². The molecular formula is C21H22N4O3S. The number of hydrogen-bond donors (Lipinski definition) is 2. The molecule has 2 aromatic carbocycles. The first kappa shape index (κ1) is 20.5. The van der Waals surface area contributed by atoms with Crippen LogP contribution in [0.2, 0.25) is 0 Å². The highest BCUT2D eigenvalue weighted by molar-refractivity contribution is 7.80. The molecular weight excluding hydrogens is 388 g/mol. The third kappa shape index (κ3) is 5.17. The van der Waals surface area contributed by atoms with E-state index in [1.54, 1.807) is 4.57 Å². The van der Waals surface area contributed by atoms with Gasteiger partial charge in [0, 0.05) is 18.4 Å². The molecule has 0 unspecified atom stereocenters. The molecule has 0 radical (unpaired) electrons. The highest BCUT2D eigenvalue weighted by atomic mass is 32.1. The number of nitrogens with zero attached hydrogens (tertiary/aromatic N) is 3. The van der Waals surface area contributed by atoms with Gasteiger partial charge in [-0.2, -0.15) is 0 Å². The Morgan fingerprint density at radius 3 is 2.66 bits per heavy atom. The van der Waals surface area contributed by atoms with Crippen LogP contribution in [-0.2, 0) is 16.1 Å². The summed E-state index contributed by atoms with van der Waals surface area (Å²) >= 11 is 5.16. The van der Waals surface area contributed by atoms with Gasteiger partial charge in [-0.3, -0.25) is 4.79 Å². The SMILES string of the molecule is COC(=O)CCCNC(=S)N=Nc1c(O)n(Cc2ccccc2)c2ccccc12. The van der Waals surface area contributed by atoms with Gasteiger partial charge in [0.15, 0.2) is 5.69 Å². The van der Waals surface area contributed by atoms with Gasteiger partial charge in [-0.25, -0.2) is 0 Å². The van der Waals surface area contributed by atoms with E-state index in [-0.39, 0.29) is 17.0 Å². The Hall–Kier alpha value is -3.26. The number of ether oxygens (including phenoxy) is 1. The molecule has 7 nitrogen and oxygen atoms in total. The molecule has 2 N–H and O–H groups in total. The quantitative estimate of drug-likeness (QED) is 0.262. The first-order valence-corrected chi connectivity index (χ1v) is 9.61. The predicted octanol–water partition coefficient (Wildman–Crippen LogP) is 4.31. The fourth-order valence-corrected chi connectivity index (χ4v) is 3.10. The number of rotatable bonds is 7. The molecule has 3 aromatic rings. The Morgan fingerprint density at radius 1 is 1.17 bits per heavy atom. The fourth-order valence-electron chi connectivity index (χ4n) is 2.96. The molecule has 3 rings (SSSR count). The number of methoxy groups -OCH3 is 1. The number of para-hydroxylation sites is 1. The number of fused-ring (bicyclic) bond motifs is 1. The van der Waals surface area contributed by atoms with Crippen LogP contribution < -0.4 is 5.32 Å². The molecule has 0 spiro atoms. The molecule has 1 aromatic heterocycles. The van der Waals surface area contributed by atoms with Crippen molar-refractivity contribution in [3.63, 3.8) is 0 Å². The van der Waals surface area contributed by atoms with Crippen molar-refractivity contribution in [3.05, 3.63) is 60.2 Å². The van der Waals surface area contributed by atoms with Crippen LogP contribution in [0.25, 0.3) is 10.9 Å². The first-order valence-electron chi connectivity index (χ1n) is 9.20. The van der Waals surface area contributed by atoms with Gasteiger partial charge in [-0.1, -0.05) is 48.5 Å². The second kappa shape index (κ2) is 9.79. The molecule has 0 aliphatic heterocycles. The number of thiocarbonyl (C=S) groups is 1. The van der Waals surface area contributed by atoms with Crippen molar-refractivity contribution in [2.75, 3.05) is 13.7 Å². The van der Waals surface area contributed by atoms with Gasteiger partial charge in [0.05, 0.1) is 19.2 Å². The monoisotopic (exact) mass is 410 g/mol. The molecule has 0 amide bonds. The summed E-state index contributed by atoms with van der Waals surface area (Å²) in [6.45, 7) is 0.994. The maximum Gasteiger partial charge on any atom is 0.305 e. The number of hydrogen-bond acceptors (Lipinski definition) is 5. The maximum absolute atomic E-state index is 11.1. The van der Waals surface area contributed by atoms with Crippen molar-refractivity contribution < 1.29 is 14.6 Å². The van der Waals surface area contributed by atoms with E-state index in [1.807, 2.05) is 54.6 Å². The summed E-state index contributed by atoms with van der Waals surface area (Å²) in [5, 5.41) is 22.9. The van der Waals surface area contributed by atoms with Gasteiger partial charge in [-0.15, -0.1) is 10.2 Å². The van der Waals surface area contributed by atoms with Gasteiger partial charge >= 0.3 is 5.97 Å². The number of aromatic hydroxyl groups is 1. The summed E-state index contributed by atoms with van der Waals surface area (Å²) in [6.07, 6.45) is 0.876. The van der Waals surface area contributed by atoms with Gasteiger partial charge in [0.1, 0.15) is 0 Å². The fraction of sp³-hybridized carbons (Fsp3) is 0.238. The third-order valence-corrected chi connectivity index (χ3v) is 4.63. The Kier molecular flexibility index (Phi) is 6.91. The van der Waals surface area contributed by atoms with Gasteiger partial charge in [0.25, 0.3) is 0 Å². The van der Waals surface area contributed by atoms with Crippen molar-refractivity contribution in [2.24, 2.45) is 10.2 Å². The summed E-state index contributed by atoms with van der Waals surface area (Å²) in [5.74, 6) is -0.234. The molecule has 1 heterocycles. The van der Waals surface area contributed by atoms with Crippen LogP contribution in [0.5, 0.6) is 5.88 Å². The number of esters is 1. The largest absolute Gasteiger partial charge is 0.493 e. The average Bonchev–Trinajstić information content (AvgIpc) is 3.01. The highest BCUT2D eigenvalue weighted by Gasteiger charge is 2.16. The summed E-state index contributed by atoms with van der Waals surface area (Å²) in [5.41, 5.74) is 2.30. The van der Waals surface area contributed by atoms with E-state index >= 15 is 0 Å². The Labute approximate surface area is 174 Å². The van der Waals surface area contributed by atoms with Crippen LogP contribution >= 0.6 is 12.2 Å². The molecule has 8 heteroatoms. The zero-order valence-corrected chi connectivity index (χ0v) is 16.9. The van der Waals surface area contributed by atoms with Crippen LogP contribution in [0.1, 0.15) is 18.4 Å². The van der Waals surface area contributed by atoms with Gasteiger partial charge in [-0.05, 0) is 30.3 Å². The summed E-state index contributed by atoms with van der Waals surface area (Å²) in [7, 11) is 1.36. The predicted molar refractivity (Wildman–Crippen MR) is 116 cm³/mol. The lowest BCUT2D eigenvalue weighted by Crippen LogP contribution is -2.21. The van der Waals surface area contributed by atoms with E-state index in [4.69, 9.17) is 12.2 Å². The second-order valence-corrected chi connectivity index (χ2v) is 6.76. The third-order valence-electron chi connectivity index (χ3n) is 4.40. The standard InChI is InChI=1S/C21H22N4O3S/c1-28-18(26)12-7-13-22-21(29)24-23-19-16-10-5-6-11-17(16)25(20(19)27)14-15-8-3-2-4-9-15/h2-6,8-11,27H,7,12-14H2,1H3,(H,22,29). The number of carbonyl (C=O) groups excluding carboxylic acids is 1. The minimum Gasteiger partial charge on any atom is -0.493 e. The number of nitrogens with one attached hydrogen (secondary N) is 1. The number of aromatic nitrogens is 1. The molecule has 150 valence electrons. The minimum absolute atomic E-state index is 0.0345. The van der Waals surface area contributed by atoms with Crippen LogP contribution in [0, 0.1) is 0 Å². The van der Waals surface area contributed by atoms with Crippen molar-refractivity contribution >= 4 is 39.9 Å². The lowest BCUT2D eigenvalue weighted by molar-refractivity contribution is -0.140. The van der Waals surface area contributed by atoms with Crippen molar-refractivity contribution in [1.82, 2.24) is 9.88 Å². The van der Waals surface area contributed by atoms with Crippen molar-refractivity contribution in [2.45, 2.75) is 19.4 Å². The number of benzene rings is 2. The molecule has 0 fully saturated rings. The smallest absolute Gasteiger partial charge is 0.305 e. The van der Waals surface area contributed by atoms with Crippen LogP contribution in [0.3, 0.4) is 0 Å². The molecule has 0 aliphatic rings. The summed E-state index contributed by atoms with van der Waals surface area (Å²) < 4.78 is 6.39. The molecule has 29 heavy (non-hydrogen) atoms. The molecule has 0 bridgehead atoms. The molecule has 0 atom stereocenters. The normalized spacial score (nSPS) is 11.1. The Balaban J connectivity index is 1.75. The molecule has 0 saturated carbocycles. The summed E-state index contributed by atoms with van der Waals surface area (Å²) in [6, 6.07) is 17.5. The lowest BCUT2D eigenvalue weighted by Gasteiger charge is -2.07. The van der Waals surface area contributed by atoms with E-state index in [0.29, 0.717) is 31.6 Å².